The summed E-state index contributed by atoms with van der Waals surface area (Å²) in [6.45, 7) is 0.513. The van der Waals surface area contributed by atoms with Crippen LogP contribution < -0.4 is 15.6 Å². The van der Waals surface area contributed by atoms with Crippen molar-refractivity contribution in [2.75, 3.05) is 11.9 Å². The number of pyridine rings is 2. The number of anilines is 1. The van der Waals surface area contributed by atoms with E-state index in [1.165, 1.54) is 24.7 Å². The first-order valence-electron chi connectivity index (χ1n) is 7.69. The average molecular weight is 381 g/mol. The molecule has 0 atom stereocenters. The molecule has 0 aliphatic heterocycles. The second-order valence-electron chi connectivity index (χ2n) is 5.63. The number of hydrogen-bond donors (Lipinski definition) is 2. The first-order valence-corrected chi connectivity index (χ1v) is 7.69. The Morgan fingerprint density at radius 3 is 2.70 bits per heavy atom. The molecule has 0 fully saturated rings. The number of alkyl halides is 3. The van der Waals surface area contributed by atoms with E-state index in [-0.39, 0.29) is 18.1 Å². The second kappa shape index (κ2) is 7.09. The van der Waals surface area contributed by atoms with Gasteiger partial charge in [0, 0.05) is 24.9 Å². The summed E-state index contributed by atoms with van der Waals surface area (Å²) in [4.78, 5) is 23.6. The van der Waals surface area contributed by atoms with Crippen LogP contribution in [0.2, 0.25) is 0 Å². The van der Waals surface area contributed by atoms with Crippen molar-refractivity contribution in [3.05, 3.63) is 52.3 Å². The Balaban J connectivity index is 1.77. The zero-order valence-corrected chi connectivity index (χ0v) is 14.0. The maximum Gasteiger partial charge on any atom is 0.422 e. The predicted molar refractivity (Wildman–Crippen MR) is 88.8 cm³/mol. The summed E-state index contributed by atoms with van der Waals surface area (Å²) in [5.41, 5.74) is 1.00. The van der Waals surface area contributed by atoms with Gasteiger partial charge in [0.1, 0.15) is 6.33 Å². The molecular weight excluding hydrogens is 367 g/mol. The monoisotopic (exact) mass is 381 g/mol. The molecule has 3 heterocycles. The Morgan fingerprint density at radius 2 is 2.04 bits per heavy atom. The molecule has 0 aliphatic rings. The number of fused-ring (bicyclic) bond motifs is 1. The SMILES string of the molecule is Cc1ncnc2c1c(NCc1ccc(OCC(F)(F)F)nc1)cc(=O)n2O. The van der Waals surface area contributed by atoms with Gasteiger partial charge in [-0.3, -0.25) is 4.79 Å². The molecule has 0 unspecified atom stereocenters. The van der Waals surface area contributed by atoms with Crippen LogP contribution in [0.1, 0.15) is 11.3 Å². The van der Waals surface area contributed by atoms with Gasteiger partial charge < -0.3 is 15.3 Å². The number of aryl methyl sites for hydroxylation is 1. The Labute approximate surface area is 150 Å². The molecule has 2 N–H and O–H groups in total. The van der Waals surface area contributed by atoms with Crippen molar-refractivity contribution in [2.24, 2.45) is 0 Å². The van der Waals surface area contributed by atoms with E-state index in [1.807, 2.05) is 0 Å². The predicted octanol–water partition coefficient (Wildman–Crippen LogP) is 2.29. The van der Waals surface area contributed by atoms with Crippen molar-refractivity contribution in [1.82, 2.24) is 19.7 Å². The molecule has 8 nitrogen and oxygen atoms in total. The summed E-state index contributed by atoms with van der Waals surface area (Å²) < 4.78 is 41.4. The first-order chi connectivity index (χ1) is 12.7. The van der Waals surface area contributed by atoms with Crippen molar-refractivity contribution in [3.8, 4) is 5.88 Å². The lowest BCUT2D eigenvalue weighted by molar-refractivity contribution is -0.154. The number of aromatic nitrogens is 4. The Kier molecular flexibility index (Phi) is 4.84. The maximum atomic E-state index is 12.1. The van der Waals surface area contributed by atoms with E-state index in [1.54, 1.807) is 13.0 Å². The minimum Gasteiger partial charge on any atom is -0.468 e. The summed E-state index contributed by atoms with van der Waals surface area (Å²) in [5.74, 6) is -0.145. The number of ether oxygens (including phenoxy) is 1. The van der Waals surface area contributed by atoms with Crippen LogP contribution >= 0.6 is 0 Å². The molecule has 11 heteroatoms. The van der Waals surface area contributed by atoms with Gasteiger partial charge in [-0.2, -0.15) is 13.2 Å². The van der Waals surface area contributed by atoms with Crippen LogP contribution in [0.15, 0.2) is 35.5 Å². The lowest BCUT2D eigenvalue weighted by Crippen LogP contribution is -2.20. The van der Waals surface area contributed by atoms with Crippen molar-refractivity contribution >= 4 is 16.7 Å². The van der Waals surface area contributed by atoms with Gasteiger partial charge in [-0.25, -0.2) is 15.0 Å². The molecule has 0 radical (unpaired) electrons. The number of rotatable bonds is 5. The highest BCUT2D eigenvalue weighted by molar-refractivity contribution is 5.90. The first kappa shape index (κ1) is 18.4. The molecule has 0 bridgehead atoms. The molecule has 142 valence electrons. The molecule has 3 aromatic heterocycles. The molecule has 27 heavy (non-hydrogen) atoms. The van der Waals surface area contributed by atoms with Gasteiger partial charge in [-0.1, -0.05) is 6.07 Å². The van der Waals surface area contributed by atoms with E-state index in [2.05, 4.69) is 25.0 Å². The van der Waals surface area contributed by atoms with Crippen molar-refractivity contribution in [2.45, 2.75) is 19.6 Å². The zero-order chi connectivity index (χ0) is 19.6. The van der Waals surface area contributed by atoms with Gasteiger partial charge in [0.15, 0.2) is 12.3 Å². The standard InChI is InChI=1S/C16H14F3N5O3/c1-9-14-11(4-13(25)24(26)15(14)23-8-22-9)20-5-10-2-3-12(21-6-10)27-7-16(17,18)19/h2-4,6,8,20,26H,5,7H2,1H3. The largest absolute Gasteiger partial charge is 0.468 e. The van der Waals surface area contributed by atoms with Gasteiger partial charge in [0.2, 0.25) is 5.88 Å². The zero-order valence-electron chi connectivity index (χ0n) is 14.0. The average Bonchev–Trinajstić information content (AvgIpc) is 2.62. The minimum atomic E-state index is -4.43. The van der Waals surface area contributed by atoms with Crippen LogP contribution in [0, 0.1) is 6.92 Å². The van der Waals surface area contributed by atoms with E-state index < -0.39 is 18.3 Å². The molecule has 0 amide bonds. The van der Waals surface area contributed by atoms with E-state index in [0.717, 1.165) is 0 Å². The second-order valence-corrected chi connectivity index (χ2v) is 5.63. The van der Waals surface area contributed by atoms with Crippen molar-refractivity contribution in [1.29, 1.82) is 0 Å². The Bertz CT molecular complexity index is 1020. The summed E-state index contributed by atoms with van der Waals surface area (Å²) >= 11 is 0. The third-order valence-corrected chi connectivity index (χ3v) is 3.63. The number of nitrogens with one attached hydrogen (secondary N) is 1. The van der Waals surface area contributed by atoms with Crippen LogP contribution in [0.3, 0.4) is 0 Å². The molecule has 0 aromatic carbocycles. The summed E-state index contributed by atoms with van der Waals surface area (Å²) in [5, 5.41) is 13.3. The Hall–Kier alpha value is -3.37. The van der Waals surface area contributed by atoms with Gasteiger partial charge in [0.25, 0.3) is 5.56 Å². The van der Waals surface area contributed by atoms with E-state index in [9.17, 15) is 23.2 Å². The van der Waals surface area contributed by atoms with Crippen LogP contribution in [0.5, 0.6) is 5.88 Å². The van der Waals surface area contributed by atoms with Crippen LogP contribution in [-0.4, -0.2) is 37.7 Å². The van der Waals surface area contributed by atoms with Crippen molar-refractivity contribution < 1.29 is 23.1 Å². The summed E-state index contributed by atoms with van der Waals surface area (Å²) in [6.07, 6.45) is -1.84. The lowest BCUT2D eigenvalue weighted by Gasteiger charge is -2.12. The van der Waals surface area contributed by atoms with Crippen LogP contribution in [-0.2, 0) is 6.54 Å². The van der Waals surface area contributed by atoms with Crippen LogP contribution in [0.25, 0.3) is 11.0 Å². The van der Waals surface area contributed by atoms with E-state index in [0.29, 0.717) is 27.1 Å². The van der Waals surface area contributed by atoms with E-state index >= 15 is 0 Å². The van der Waals surface area contributed by atoms with Gasteiger partial charge in [0.05, 0.1) is 16.8 Å². The molecule has 3 rings (SSSR count). The fraction of sp³-hybridized carbons (Fsp3) is 0.250. The highest BCUT2D eigenvalue weighted by Gasteiger charge is 2.28. The van der Waals surface area contributed by atoms with Crippen LogP contribution in [0.4, 0.5) is 18.9 Å². The quantitative estimate of drug-likeness (QED) is 0.654. The molecule has 0 spiro atoms. The smallest absolute Gasteiger partial charge is 0.422 e. The summed E-state index contributed by atoms with van der Waals surface area (Å²) in [6, 6.07) is 4.07. The molecule has 0 aliphatic carbocycles. The number of halogens is 3. The maximum absolute atomic E-state index is 12.1. The fourth-order valence-electron chi connectivity index (χ4n) is 2.39. The minimum absolute atomic E-state index is 0.0616. The molecule has 3 aromatic rings. The van der Waals surface area contributed by atoms with Gasteiger partial charge in [-0.05, 0) is 12.5 Å². The lowest BCUT2D eigenvalue weighted by atomic mass is 10.2. The number of nitrogens with zero attached hydrogens (tertiary/aromatic N) is 4. The fourth-order valence-corrected chi connectivity index (χ4v) is 2.39. The molecule has 0 saturated heterocycles. The highest BCUT2D eigenvalue weighted by Crippen LogP contribution is 2.22. The third-order valence-electron chi connectivity index (χ3n) is 3.63. The highest BCUT2D eigenvalue weighted by atomic mass is 19.4. The van der Waals surface area contributed by atoms with E-state index in [4.69, 9.17) is 0 Å². The van der Waals surface area contributed by atoms with Gasteiger partial charge in [-0.15, -0.1) is 4.73 Å². The van der Waals surface area contributed by atoms with Gasteiger partial charge >= 0.3 is 6.18 Å². The molecule has 0 saturated carbocycles. The van der Waals surface area contributed by atoms with Crippen molar-refractivity contribution in [3.63, 3.8) is 0 Å². The number of hydrogen-bond acceptors (Lipinski definition) is 7. The normalized spacial score (nSPS) is 11.6. The third kappa shape index (κ3) is 4.25. The Morgan fingerprint density at radius 1 is 1.26 bits per heavy atom. The topological polar surface area (TPSA) is 102 Å². The molecular formula is C16H14F3N5O3. The summed E-state index contributed by atoms with van der Waals surface area (Å²) in [7, 11) is 0.